The predicted molar refractivity (Wildman–Crippen MR) is 77.2 cm³/mol. The van der Waals surface area contributed by atoms with Crippen LogP contribution in [0.15, 0.2) is 17.4 Å². The first-order chi connectivity index (χ1) is 10.0. The number of aryl methyl sites for hydroxylation is 1. The lowest BCUT2D eigenvalue weighted by atomic mass is 9.64. The largest absolute Gasteiger partial charge is 0.378 e. The van der Waals surface area contributed by atoms with Crippen molar-refractivity contribution in [3.05, 3.63) is 18.1 Å². The summed E-state index contributed by atoms with van der Waals surface area (Å²) in [4.78, 5) is 7.94. The van der Waals surface area contributed by atoms with Crippen LogP contribution in [0.5, 0.6) is 0 Å². The molecule has 1 saturated heterocycles. The Morgan fingerprint density at radius 3 is 2.76 bits per heavy atom. The van der Waals surface area contributed by atoms with Crippen molar-refractivity contribution in [2.24, 2.45) is 5.41 Å². The number of rotatable bonds is 5. The highest BCUT2D eigenvalue weighted by atomic mass is 32.2. The summed E-state index contributed by atoms with van der Waals surface area (Å²) in [7, 11) is -3.60. The van der Waals surface area contributed by atoms with E-state index in [1.807, 2.05) is 0 Å². The van der Waals surface area contributed by atoms with Gasteiger partial charge >= 0.3 is 0 Å². The second-order valence-electron chi connectivity index (χ2n) is 6.04. The van der Waals surface area contributed by atoms with Crippen LogP contribution in [0.4, 0.5) is 0 Å². The molecule has 0 aromatic carbocycles. The van der Waals surface area contributed by atoms with E-state index in [2.05, 4.69) is 14.7 Å². The van der Waals surface area contributed by atoms with Gasteiger partial charge in [-0.25, -0.2) is 18.1 Å². The Labute approximate surface area is 125 Å². The molecule has 6 nitrogen and oxygen atoms in total. The zero-order valence-electron chi connectivity index (χ0n) is 12.2. The third-order valence-electron chi connectivity index (χ3n) is 4.58. The molecule has 7 heteroatoms. The molecule has 3 rings (SSSR count). The topological polar surface area (TPSA) is 81.2 Å². The van der Waals surface area contributed by atoms with Gasteiger partial charge in [0.1, 0.15) is 0 Å². The molecule has 116 valence electrons. The summed E-state index contributed by atoms with van der Waals surface area (Å²) < 4.78 is 33.2. The van der Waals surface area contributed by atoms with Gasteiger partial charge in [0, 0.05) is 24.8 Å². The molecule has 1 aliphatic heterocycles. The highest BCUT2D eigenvalue weighted by Gasteiger charge is 2.46. The van der Waals surface area contributed by atoms with E-state index in [0.29, 0.717) is 12.2 Å². The molecule has 0 amide bonds. The monoisotopic (exact) mass is 311 g/mol. The Bertz CT molecular complexity index is 608. The third kappa shape index (κ3) is 2.95. The Morgan fingerprint density at radius 2 is 2.19 bits per heavy atom. The molecule has 0 spiro atoms. The molecule has 2 fully saturated rings. The fourth-order valence-electron chi connectivity index (χ4n) is 3.19. The molecule has 1 N–H and O–H groups in total. The van der Waals surface area contributed by atoms with Gasteiger partial charge in [0.15, 0.2) is 5.03 Å². The maximum atomic E-state index is 12.3. The number of ether oxygens (including phenoxy) is 1. The van der Waals surface area contributed by atoms with Crippen molar-refractivity contribution in [2.45, 2.75) is 50.2 Å². The smallest absolute Gasteiger partial charge is 0.259 e. The fraction of sp³-hybridized carbons (Fsp3) is 0.714. The van der Waals surface area contributed by atoms with E-state index in [1.54, 1.807) is 13.1 Å². The zero-order valence-corrected chi connectivity index (χ0v) is 13.0. The van der Waals surface area contributed by atoms with Crippen LogP contribution in [0.3, 0.4) is 0 Å². The van der Waals surface area contributed by atoms with Gasteiger partial charge in [-0.15, -0.1) is 0 Å². The summed E-state index contributed by atoms with van der Waals surface area (Å²) in [6.45, 7) is 2.95. The minimum Gasteiger partial charge on any atom is -0.378 e. The van der Waals surface area contributed by atoms with Gasteiger partial charge < -0.3 is 4.74 Å². The second-order valence-corrected chi connectivity index (χ2v) is 7.75. The van der Waals surface area contributed by atoms with E-state index in [9.17, 15) is 8.42 Å². The molecule has 1 unspecified atom stereocenters. The van der Waals surface area contributed by atoms with Crippen LogP contribution in [-0.2, 0) is 14.8 Å². The molecule has 1 aromatic rings. The fourth-order valence-corrected chi connectivity index (χ4v) is 4.28. The first-order valence-electron chi connectivity index (χ1n) is 7.42. The quantitative estimate of drug-likeness (QED) is 0.889. The standard InChI is InChI=1S/C14H21N3O3S/c1-11-8-15-9-13(17-11)21(18,19)16-10-14(5-3-6-14)12-4-2-7-20-12/h8-9,12,16H,2-7,10H2,1H3. The molecule has 0 radical (unpaired) electrons. The SMILES string of the molecule is Cc1cncc(S(=O)(=O)NCC2(C3CCCO3)CCC2)n1. The maximum Gasteiger partial charge on any atom is 0.259 e. The third-order valence-corrected chi connectivity index (χ3v) is 5.86. The summed E-state index contributed by atoms with van der Waals surface area (Å²) in [5.74, 6) is 0. The first kappa shape index (κ1) is 14.9. The zero-order chi connectivity index (χ0) is 14.9. The summed E-state index contributed by atoms with van der Waals surface area (Å²) in [6, 6.07) is 0. The summed E-state index contributed by atoms with van der Waals surface area (Å²) >= 11 is 0. The number of hydrogen-bond acceptors (Lipinski definition) is 5. The van der Waals surface area contributed by atoms with Crippen LogP contribution in [0, 0.1) is 12.3 Å². The van der Waals surface area contributed by atoms with E-state index >= 15 is 0 Å². The Balaban J connectivity index is 1.71. The average molecular weight is 311 g/mol. The summed E-state index contributed by atoms with van der Waals surface area (Å²) in [5.41, 5.74) is 0.566. The van der Waals surface area contributed by atoms with Crippen LogP contribution in [0.25, 0.3) is 0 Å². The number of aromatic nitrogens is 2. The van der Waals surface area contributed by atoms with Crippen molar-refractivity contribution < 1.29 is 13.2 Å². The molecule has 1 saturated carbocycles. The molecule has 2 aliphatic rings. The van der Waals surface area contributed by atoms with E-state index in [1.165, 1.54) is 6.20 Å². The minimum atomic E-state index is -3.60. The van der Waals surface area contributed by atoms with Crippen molar-refractivity contribution >= 4 is 10.0 Å². The predicted octanol–water partition coefficient (Wildman–Crippen LogP) is 1.41. The van der Waals surface area contributed by atoms with Gasteiger partial charge in [0.05, 0.1) is 18.0 Å². The lowest BCUT2D eigenvalue weighted by Crippen LogP contribution is -2.49. The lowest BCUT2D eigenvalue weighted by Gasteiger charge is -2.45. The molecule has 1 aliphatic carbocycles. The number of nitrogens with zero attached hydrogens (tertiary/aromatic N) is 2. The molecule has 1 aromatic heterocycles. The van der Waals surface area contributed by atoms with Crippen LogP contribution >= 0.6 is 0 Å². The van der Waals surface area contributed by atoms with Crippen LogP contribution in [0.2, 0.25) is 0 Å². The van der Waals surface area contributed by atoms with E-state index in [-0.39, 0.29) is 16.5 Å². The highest BCUT2D eigenvalue weighted by Crippen LogP contribution is 2.47. The Hall–Kier alpha value is -1.05. The molecule has 2 heterocycles. The average Bonchev–Trinajstić information content (AvgIpc) is 2.92. The van der Waals surface area contributed by atoms with Gasteiger partial charge in [-0.05, 0) is 32.6 Å². The van der Waals surface area contributed by atoms with Crippen molar-refractivity contribution in [1.29, 1.82) is 0 Å². The van der Waals surface area contributed by atoms with E-state index in [4.69, 9.17) is 4.74 Å². The normalized spacial score (nSPS) is 24.7. The van der Waals surface area contributed by atoms with Gasteiger partial charge in [0.25, 0.3) is 10.0 Å². The van der Waals surface area contributed by atoms with E-state index < -0.39 is 10.0 Å². The van der Waals surface area contributed by atoms with Crippen LogP contribution in [-0.4, -0.2) is 37.6 Å². The second kappa shape index (κ2) is 5.62. The van der Waals surface area contributed by atoms with Crippen molar-refractivity contribution in [2.75, 3.05) is 13.2 Å². The molecule has 21 heavy (non-hydrogen) atoms. The Morgan fingerprint density at radius 1 is 1.38 bits per heavy atom. The van der Waals surface area contributed by atoms with Crippen molar-refractivity contribution in [3.8, 4) is 0 Å². The lowest BCUT2D eigenvalue weighted by molar-refractivity contribution is -0.0460. The van der Waals surface area contributed by atoms with Gasteiger partial charge in [-0.3, -0.25) is 4.98 Å². The van der Waals surface area contributed by atoms with Crippen LogP contribution in [0.1, 0.15) is 37.8 Å². The van der Waals surface area contributed by atoms with Crippen molar-refractivity contribution in [1.82, 2.24) is 14.7 Å². The van der Waals surface area contributed by atoms with Crippen molar-refractivity contribution in [3.63, 3.8) is 0 Å². The Kier molecular flexibility index (Phi) is 3.98. The van der Waals surface area contributed by atoms with Gasteiger partial charge in [0.2, 0.25) is 0 Å². The maximum absolute atomic E-state index is 12.3. The molecule has 0 bridgehead atoms. The van der Waals surface area contributed by atoms with Gasteiger partial charge in [-0.2, -0.15) is 0 Å². The molecule has 1 atom stereocenters. The minimum absolute atomic E-state index is 0.00989. The molecular weight excluding hydrogens is 290 g/mol. The number of nitrogens with one attached hydrogen (secondary N) is 1. The first-order valence-corrected chi connectivity index (χ1v) is 8.90. The number of hydrogen-bond donors (Lipinski definition) is 1. The summed E-state index contributed by atoms with van der Waals surface area (Å²) in [5, 5.41) is -0.00989. The highest BCUT2D eigenvalue weighted by molar-refractivity contribution is 7.89. The van der Waals surface area contributed by atoms with Crippen LogP contribution < -0.4 is 4.72 Å². The van der Waals surface area contributed by atoms with Gasteiger partial charge in [-0.1, -0.05) is 6.42 Å². The van der Waals surface area contributed by atoms with E-state index in [0.717, 1.165) is 38.7 Å². The number of sulfonamides is 1. The summed E-state index contributed by atoms with van der Waals surface area (Å²) in [6.07, 6.45) is 8.32. The molecular formula is C14H21N3O3S.